The first-order valence-corrected chi connectivity index (χ1v) is 6.76. The maximum atomic E-state index is 10.8. The highest BCUT2D eigenvalue weighted by Gasteiger charge is 2.03. The average molecular weight is 300 g/mol. The molecule has 0 saturated carbocycles. The zero-order valence-corrected chi connectivity index (χ0v) is 14.3. The molecule has 0 rings (SSSR count). The largest absolute Gasteiger partial charge is 0.463 e. The van der Waals surface area contributed by atoms with E-state index in [0.29, 0.717) is 6.61 Å². The van der Waals surface area contributed by atoms with Crippen molar-refractivity contribution in [3.8, 4) is 0 Å². The molecule has 0 heterocycles. The van der Waals surface area contributed by atoms with Crippen molar-refractivity contribution in [2.24, 2.45) is 0 Å². The number of rotatable bonds is 6. The van der Waals surface area contributed by atoms with E-state index in [1.165, 1.54) is 14.0 Å². The first-order chi connectivity index (χ1) is 9.91. The van der Waals surface area contributed by atoms with E-state index in [0.717, 1.165) is 0 Å². The number of hydrogen-bond donors (Lipinski definition) is 0. The molecule has 4 heteroatoms. The van der Waals surface area contributed by atoms with E-state index in [1.54, 1.807) is 18.2 Å². The van der Waals surface area contributed by atoms with Gasteiger partial charge in [0.15, 0.2) is 0 Å². The Morgan fingerprint density at radius 1 is 0.905 bits per heavy atom. The summed E-state index contributed by atoms with van der Waals surface area (Å²) in [6, 6.07) is 0. The molecule has 0 aromatic rings. The van der Waals surface area contributed by atoms with Gasteiger partial charge >= 0.3 is 5.97 Å². The summed E-state index contributed by atoms with van der Waals surface area (Å²) in [6.07, 6.45) is 5.67. The third-order valence-electron chi connectivity index (χ3n) is 1.23. The molecule has 0 atom stereocenters. The van der Waals surface area contributed by atoms with Gasteiger partial charge < -0.3 is 14.3 Å². The summed E-state index contributed by atoms with van der Waals surface area (Å²) in [5, 5.41) is 0. The lowest BCUT2D eigenvalue weighted by Crippen LogP contribution is -2.10. The Bertz CT molecular complexity index is 243. The van der Waals surface area contributed by atoms with Gasteiger partial charge in [0, 0.05) is 13.5 Å². The Labute approximate surface area is 130 Å². The third kappa shape index (κ3) is 70.5. The van der Waals surface area contributed by atoms with Gasteiger partial charge in [0.2, 0.25) is 0 Å². The number of methoxy groups -OCH3 is 1. The highest BCUT2D eigenvalue weighted by atomic mass is 16.6. The molecular formula is C17H32O4. The minimum Gasteiger partial charge on any atom is -0.463 e. The van der Waals surface area contributed by atoms with Crippen LogP contribution >= 0.6 is 0 Å². The fraction of sp³-hybridized carbons (Fsp3) is 0.529. The Morgan fingerprint density at radius 3 is 1.57 bits per heavy atom. The predicted octanol–water partition coefficient (Wildman–Crippen LogP) is 4.12. The molecule has 0 aliphatic rings. The highest BCUT2D eigenvalue weighted by Crippen LogP contribution is 1.93. The second-order valence-electron chi connectivity index (χ2n) is 3.64. The molecule has 21 heavy (non-hydrogen) atoms. The fourth-order valence-electron chi connectivity index (χ4n) is 0.589. The molecule has 0 aromatic heterocycles. The molecular weight excluding hydrogens is 268 g/mol. The van der Waals surface area contributed by atoms with Crippen molar-refractivity contribution >= 4 is 11.8 Å². The van der Waals surface area contributed by atoms with Crippen LogP contribution in [0.25, 0.3) is 0 Å². The molecule has 124 valence electrons. The van der Waals surface area contributed by atoms with E-state index < -0.39 is 0 Å². The van der Waals surface area contributed by atoms with Crippen LogP contribution in [0.1, 0.15) is 40.5 Å². The van der Waals surface area contributed by atoms with E-state index in [4.69, 9.17) is 4.74 Å². The van der Waals surface area contributed by atoms with Crippen LogP contribution < -0.4 is 0 Å². The number of hydrogen-bond acceptors (Lipinski definition) is 4. The summed E-state index contributed by atoms with van der Waals surface area (Å²) in [7, 11) is 1.53. The first kappa shape index (κ1) is 27.6. The SMILES string of the molecule is C=CC.C=CC.C=CC.COCCOC(=O)CCC(C)=O. The maximum Gasteiger partial charge on any atom is 0.306 e. The van der Waals surface area contributed by atoms with Crippen molar-refractivity contribution in [1.29, 1.82) is 0 Å². The van der Waals surface area contributed by atoms with Gasteiger partial charge in [-0.25, -0.2) is 0 Å². The lowest BCUT2D eigenvalue weighted by Gasteiger charge is -2.01. The average Bonchev–Trinajstić information content (AvgIpc) is 2.39. The minimum absolute atomic E-state index is 0.00121. The van der Waals surface area contributed by atoms with Gasteiger partial charge in [0.25, 0.3) is 0 Å². The van der Waals surface area contributed by atoms with Gasteiger partial charge in [0.05, 0.1) is 13.0 Å². The van der Waals surface area contributed by atoms with Crippen molar-refractivity contribution in [2.75, 3.05) is 20.3 Å². The second-order valence-corrected chi connectivity index (χ2v) is 3.64. The number of carbonyl (C=O) groups excluding carboxylic acids is 2. The Balaban J connectivity index is -0.000000132. The Kier molecular flexibility index (Phi) is 40.8. The summed E-state index contributed by atoms with van der Waals surface area (Å²) in [5.41, 5.74) is 0. The molecule has 0 unspecified atom stereocenters. The number of carbonyl (C=O) groups is 2. The van der Waals surface area contributed by atoms with Crippen LogP contribution in [0, 0.1) is 0 Å². The van der Waals surface area contributed by atoms with E-state index >= 15 is 0 Å². The van der Waals surface area contributed by atoms with Crippen molar-refractivity contribution in [3.63, 3.8) is 0 Å². The number of esters is 1. The van der Waals surface area contributed by atoms with E-state index in [-0.39, 0.29) is 31.2 Å². The molecule has 0 aliphatic heterocycles. The van der Waals surface area contributed by atoms with Crippen molar-refractivity contribution < 1.29 is 19.1 Å². The van der Waals surface area contributed by atoms with Gasteiger partial charge in [-0.15, -0.1) is 19.7 Å². The number of ketones is 1. The Morgan fingerprint density at radius 2 is 1.29 bits per heavy atom. The lowest BCUT2D eigenvalue weighted by molar-refractivity contribution is -0.145. The van der Waals surface area contributed by atoms with Crippen molar-refractivity contribution in [3.05, 3.63) is 38.0 Å². The molecule has 0 spiro atoms. The normalized spacial score (nSPS) is 7.29. The van der Waals surface area contributed by atoms with Crippen LogP contribution in [-0.4, -0.2) is 32.1 Å². The first-order valence-electron chi connectivity index (χ1n) is 6.76. The van der Waals surface area contributed by atoms with Crippen molar-refractivity contribution in [1.82, 2.24) is 0 Å². The maximum absolute atomic E-state index is 10.8. The molecule has 0 radical (unpaired) electrons. The van der Waals surface area contributed by atoms with Gasteiger partial charge in [-0.3, -0.25) is 4.79 Å². The highest BCUT2D eigenvalue weighted by molar-refractivity contribution is 5.80. The van der Waals surface area contributed by atoms with Gasteiger partial charge in [-0.1, -0.05) is 18.2 Å². The number of Topliss-reactive ketones (excluding diaryl/α,β-unsaturated/α-hetero) is 1. The van der Waals surface area contributed by atoms with E-state index in [9.17, 15) is 9.59 Å². The monoisotopic (exact) mass is 300 g/mol. The summed E-state index contributed by atoms with van der Waals surface area (Å²) < 4.78 is 9.39. The fourth-order valence-corrected chi connectivity index (χ4v) is 0.589. The predicted molar refractivity (Wildman–Crippen MR) is 90.4 cm³/mol. The summed E-state index contributed by atoms with van der Waals surface area (Å²) >= 11 is 0. The molecule has 4 nitrogen and oxygen atoms in total. The van der Waals surface area contributed by atoms with Crippen molar-refractivity contribution in [2.45, 2.75) is 40.5 Å². The second kappa shape index (κ2) is 31.0. The molecule has 0 amide bonds. The van der Waals surface area contributed by atoms with Gasteiger partial charge in [0.1, 0.15) is 12.4 Å². The smallest absolute Gasteiger partial charge is 0.306 e. The molecule has 0 aromatic carbocycles. The van der Waals surface area contributed by atoms with Crippen LogP contribution in [0.5, 0.6) is 0 Å². The van der Waals surface area contributed by atoms with Crippen LogP contribution in [0.4, 0.5) is 0 Å². The molecule has 0 N–H and O–H groups in total. The molecule has 0 fully saturated rings. The third-order valence-corrected chi connectivity index (χ3v) is 1.23. The summed E-state index contributed by atoms with van der Waals surface area (Å²) in [4.78, 5) is 21.2. The number of allylic oxidation sites excluding steroid dienone is 3. The zero-order chi connectivity index (χ0) is 17.5. The van der Waals surface area contributed by atoms with Crippen LogP contribution in [-0.2, 0) is 19.1 Å². The van der Waals surface area contributed by atoms with Crippen LogP contribution in [0.15, 0.2) is 38.0 Å². The van der Waals surface area contributed by atoms with E-state index in [2.05, 4.69) is 24.5 Å². The van der Waals surface area contributed by atoms with E-state index in [1.807, 2.05) is 20.8 Å². The topological polar surface area (TPSA) is 52.6 Å². The van der Waals surface area contributed by atoms with Gasteiger partial charge in [-0.2, -0.15) is 0 Å². The Hall–Kier alpha value is -1.68. The van der Waals surface area contributed by atoms with Gasteiger partial charge in [-0.05, 0) is 27.7 Å². The summed E-state index contributed by atoms with van der Waals surface area (Å²) in [6.45, 7) is 17.8. The molecule has 0 aliphatic carbocycles. The summed E-state index contributed by atoms with van der Waals surface area (Å²) in [5.74, 6) is -0.346. The standard InChI is InChI=1S/C8H14O4.3C3H6/c1-7(9)3-4-8(10)12-6-5-11-2;3*1-3-2/h3-6H2,1-2H3;3*3H,1H2,2H3. The van der Waals surface area contributed by atoms with Crippen LogP contribution in [0.3, 0.4) is 0 Å². The lowest BCUT2D eigenvalue weighted by atomic mass is 10.2. The zero-order valence-electron chi connectivity index (χ0n) is 14.3. The minimum atomic E-state index is -0.345. The molecule has 0 saturated heterocycles. The number of ether oxygens (including phenoxy) is 2. The quantitative estimate of drug-likeness (QED) is 0.420. The van der Waals surface area contributed by atoms with Crippen LogP contribution in [0.2, 0.25) is 0 Å². The molecule has 0 bridgehead atoms.